The lowest BCUT2D eigenvalue weighted by Gasteiger charge is -2.21. The van der Waals surface area contributed by atoms with Gasteiger partial charge in [0.1, 0.15) is 5.82 Å². The van der Waals surface area contributed by atoms with Gasteiger partial charge in [-0.1, -0.05) is 0 Å². The number of anilines is 2. The molecule has 0 aliphatic carbocycles. The molecule has 2 rings (SSSR count). The molecule has 0 aliphatic rings. The molecule has 2 aromatic rings. The minimum atomic E-state index is -0.973. The molecule has 3 N–H and O–H groups in total. The van der Waals surface area contributed by atoms with Gasteiger partial charge in [0.25, 0.3) is 0 Å². The minimum Gasteiger partial charge on any atom is -0.478 e. The number of likely N-dealkylation sites (N-methyl/N-ethyl adjacent to an activating group) is 1. The molecular weight excluding hydrogens is 256 g/mol. The first-order valence-electron chi connectivity index (χ1n) is 6.29. The van der Waals surface area contributed by atoms with Crippen LogP contribution < -0.4 is 10.6 Å². The first-order valence-corrected chi connectivity index (χ1v) is 6.29. The zero-order valence-electron chi connectivity index (χ0n) is 11.6. The van der Waals surface area contributed by atoms with E-state index in [4.69, 9.17) is 10.8 Å². The molecule has 1 aromatic carbocycles. The first-order chi connectivity index (χ1) is 9.49. The highest BCUT2D eigenvalue weighted by Gasteiger charge is 2.10. The van der Waals surface area contributed by atoms with Crippen LogP contribution in [0.1, 0.15) is 16.2 Å². The molecule has 0 saturated carbocycles. The number of nitrogens with zero attached hydrogens (tertiary/aromatic N) is 3. The molecule has 0 fully saturated rings. The summed E-state index contributed by atoms with van der Waals surface area (Å²) in [5.41, 5.74) is 7.40. The van der Waals surface area contributed by atoms with Gasteiger partial charge >= 0.3 is 5.97 Å². The Kier molecular flexibility index (Phi) is 3.93. The van der Waals surface area contributed by atoms with E-state index in [1.165, 1.54) is 6.07 Å². The van der Waals surface area contributed by atoms with E-state index in [-0.39, 0.29) is 5.56 Å². The second-order valence-electron chi connectivity index (χ2n) is 4.70. The summed E-state index contributed by atoms with van der Waals surface area (Å²) in [6.07, 6.45) is 4.47. The molecule has 6 nitrogen and oxygen atoms in total. The summed E-state index contributed by atoms with van der Waals surface area (Å²) in [6, 6.07) is 4.78. The van der Waals surface area contributed by atoms with Gasteiger partial charge in [-0.3, -0.25) is 0 Å². The molecule has 106 valence electrons. The maximum absolute atomic E-state index is 10.9. The molecule has 0 saturated heterocycles. The van der Waals surface area contributed by atoms with Gasteiger partial charge in [-0.05, 0) is 18.2 Å². The second kappa shape index (κ2) is 5.64. The van der Waals surface area contributed by atoms with Crippen LogP contribution in [0.15, 0.2) is 30.6 Å². The van der Waals surface area contributed by atoms with Crippen molar-refractivity contribution in [1.29, 1.82) is 0 Å². The van der Waals surface area contributed by atoms with E-state index in [9.17, 15) is 4.79 Å². The van der Waals surface area contributed by atoms with Gasteiger partial charge in [0.05, 0.1) is 16.9 Å². The number of carboxylic acids is 1. The Balaban J connectivity index is 2.07. The van der Waals surface area contributed by atoms with Gasteiger partial charge in [-0.2, -0.15) is 0 Å². The van der Waals surface area contributed by atoms with E-state index in [1.807, 2.05) is 29.8 Å². The number of nitrogen functional groups attached to an aromatic ring is 1. The summed E-state index contributed by atoms with van der Waals surface area (Å²) < 4.78 is 1.98. The van der Waals surface area contributed by atoms with Crippen molar-refractivity contribution in [2.45, 2.75) is 6.42 Å². The highest BCUT2D eigenvalue weighted by Crippen LogP contribution is 2.23. The minimum absolute atomic E-state index is 0.198. The second-order valence-corrected chi connectivity index (χ2v) is 4.70. The van der Waals surface area contributed by atoms with E-state index >= 15 is 0 Å². The van der Waals surface area contributed by atoms with E-state index in [0.717, 1.165) is 24.5 Å². The Hall–Kier alpha value is -2.50. The molecular formula is C14H18N4O2. The third kappa shape index (κ3) is 2.90. The highest BCUT2D eigenvalue weighted by molar-refractivity contribution is 5.90. The van der Waals surface area contributed by atoms with Crippen LogP contribution in [-0.4, -0.2) is 34.2 Å². The molecule has 0 spiro atoms. The Morgan fingerprint density at radius 3 is 2.80 bits per heavy atom. The van der Waals surface area contributed by atoms with Gasteiger partial charge < -0.3 is 20.3 Å². The summed E-state index contributed by atoms with van der Waals surface area (Å²) in [6.45, 7) is 0.751. The summed E-state index contributed by atoms with van der Waals surface area (Å²) in [5.74, 6) is 0.0245. The number of hydrogen-bond donors (Lipinski definition) is 2. The molecule has 0 unspecified atom stereocenters. The van der Waals surface area contributed by atoms with Crippen LogP contribution in [0, 0.1) is 0 Å². The summed E-state index contributed by atoms with van der Waals surface area (Å²) in [5, 5.41) is 8.92. The smallest absolute Gasteiger partial charge is 0.335 e. The van der Waals surface area contributed by atoms with Crippen molar-refractivity contribution in [3.05, 3.63) is 42.0 Å². The van der Waals surface area contributed by atoms with Crippen LogP contribution in [-0.2, 0) is 13.5 Å². The molecule has 1 heterocycles. The third-order valence-electron chi connectivity index (χ3n) is 3.28. The molecule has 20 heavy (non-hydrogen) atoms. The number of aryl methyl sites for hydroxylation is 1. The lowest BCUT2D eigenvalue weighted by Crippen LogP contribution is -2.22. The molecule has 1 aromatic heterocycles. The summed E-state index contributed by atoms with van der Waals surface area (Å²) in [4.78, 5) is 17.1. The molecule has 0 bridgehead atoms. The fraction of sp³-hybridized carbons (Fsp3) is 0.286. The van der Waals surface area contributed by atoms with Crippen molar-refractivity contribution < 1.29 is 9.90 Å². The lowest BCUT2D eigenvalue weighted by molar-refractivity contribution is 0.0697. The van der Waals surface area contributed by atoms with Crippen molar-refractivity contribution in [2.75, 3.05) is 24.2 Å². The van der Waals surface area contributed by atoms with Crippen molar-refractivity contribution in [2.24, 2.45) is 7.05 Å². The maximum atomic E-state index is 10.9. The van der Waals surface area contributed by atoms with Crippen LogP contribution in [0.2, 0.25) is 0 Å². The Labute approximate surface area is 117 Å². The summed E-state index contributed by atoms with van der Waals surface area (Å²) in [7, 11) is 3.88. The van der Waals surface area contributed by atoms with E-state index < -0.39 is 5.97 Å². The predicted octanol–water partition coefficient (Wildman–Crippen LogP) is 1.38. The van der Waals surface area contributed by atoms with Crippen molar-refractivity contribution in [3.63, 3.8) is 0 Å². The van der Waals surface area contributed by atoms with Crippen molar-refractivity contribution in [1.82, 2.24) is 9.55 Å². The Morgan fingerprint density at radius 1 is 1.50 bits per heavy atom. The van der Waals surface area contributed by atoms with Crippen LogP contribution in [0.3, 0.4) is 0 Å². The first kappa shape index (κ1) is 13.9. The number of nitrogens with two attached hydrogens (primary N) is 1. The maximum Gasteiger partial charge on any atom is 0.335 e. The summed E-state index contributed by atoms with van der Waals surface area (Å²) >= 11 is 0. The zero-order chi connectivity index (χ0) is 14.7. The fourth-order valence-corrected chi connectivity index (χ4v) is 2.06. The fourth-order valence-electron chi connectivity index (χ4n) is 2.06. The van der Waals surface area contributed by atoms with Crippen LogP contribution >= 0.6 is 0 Å². The largest absolute Gasteiger partial charge is 0.478 e. The lowest BCUT2D eigenvalue weighted by atomic mass is 10.1. The molecule has 0 radical (unpaired) electrons. The average molecular weight is 274 g/mol. The topological polar surface area (TPSA) is 84.4 Å². The number of aromatic carboxylic acids is 1. The van der Waals surface area contributed by atoms with Crippen LogP contribution in [0.4, 0.5) is 11.4 Å². The highest BCUT2D eigenvalue weighted by atomic mass is 16.4. The Bertz CT molecular complexity index is 621. The molecule has 6 heteroatoms. The molecule has 0 aliphatic heterocycles. The zero-order valence-corrected chi connectivity index (χ0v) is 11.6. The van der Waals surface area contributed by atoms with Gasteiger partial charge in [0, 0.05) is 39.5 Å². The number of imidazole rings is 1. The van der Waals surface area contributed by atoms with E-state index in [0.29, 0.717) is 5.69 Å². The monoisotopic (exact) mass is 274 g/mol. The molecule has 0 atom stereocenters. The van der Waals surface area contributed by atoms with E-state index in [1.54, 1.807) is 18.3 Å². The third-order valence-corrected chi connectivity index (χ3v) is 3.28. The normalized spacial score (nSPS) is 10.5. The van der Waals surface area contributed by atoms with Gasteiger partial charge in [0.2, 0.25) is 0 Å². The van der Waals surface area contributed by atoms with Gasteiger partial charge in [-0.15, -0.1) is 0 Å². The van der Waals surface area contributed by atoms with Crippen LogP contribution in [0.5, 0.6) is 0 Å². The van der Waals surface area contributed by atoms with Crippen LogP contribution in [0.25, 0.3) is 0 Å². The van der Waals surface area contributed by atoms with Gasteiger partial charge in [0.15, 0.2) is 0 Å². The predicted molar refractivity (Wildman–Crippen MR) is 78.0 cm³/mol. The quantitative estimate of drug-likeness (QED) is 0.805. The number of carbonyl (C=O) groups is 1. The number of aromatic nitrogens is 2. The van der Waals surface area contributed by atoms with Crippen molar-refractivity contribution in [3.8, 4) is 0 Å². The number of benzene rings is 1. The molecule has 0 amide bonds. The Morgan fingerprint density at radius 2 is 2.25 bits per heavy atom. The number of rotatable bonds is 5. The number of carboxylic acid groups (broad SMARTS) is 1. The average Bonchev–Trinajstić information content (AvgIpc) is 2.81. The van der Waals surface area contributed by atoms with Gasteiger partial charge in [-0.25, -0.2) is 9.78 Å². The van der Waals surface area contributed by atoms with E-state index in [2.05, 4.69) is 4.98 Å². The number of hydrogen-bond acceptors (Lipinski definition) is 4. The van der Waals surface area contributed by atoms with Crippen molar-refractivity contribution >= 4 is 17.3 Å². The SMILES string of the molecule is CN(CCc1nccn1C)c1ccc(C(=O)O)cc1N. The standard InChI is InChI=1S/C14H18N4O2/c1-17(7-5-13-16-6-8-18(13)2)12-4-3-10(14(19)20)9-11(12)15/h3-4,6,8-9H,5,7,15H2,1-2H3,(H,19,20).